The lowest BCUT2D eigenvalue weighted by Gasteiger charge is -2.18. The zero-order chi connectivity index (χ0) is 15.2. The zero-order valence-electron chi connectivity index (χ0n) is 12.3. The van der Waals surface area contributed by atoms with Crippen LogP contribution in [0.4, 0.5) is 8.78 Å². The summed E-state index contributed by atoms with van der Waals surface area (Å²) in [6.07, 6.45) is 2.18. The lowest BCUT2D eigenvalue weighted by Crippen LogP contribution is -2.34. The maximum Gasteiger partial charge on any atom is 0.126 e. The van der Waals surface area contributed by atoms with Gasteiger partial charge < -0.3 is 5.32 Å². The molecule has 0 fully saturated rings. The molecule has 21 heavy (non-hydrogen) atoms. The molecule has 1 heterocycles. The van der Waals surface area contributed by atoms with E-state index in [1.54, 1.807) is 11.3 Å². The molecule has 0 spiro atoms. The van der Waals surface area contributed by atoms with Crippen molar-refractivity contribution >= 4 is 11.3 Å². The molecule has 0 amide bonds. The van der Waals surface area contributed by atoms with Crippen LogP contribution in [0.5, 0.6) is 0 Å². The second-order valence-corrected chi connectivity index (χ2v) is 6.22. The first-order chi connectivity index (χ1) is 10.1. The highest BCUT2D eigenvalue weighted by atomic mass is 32.1. The largest absolute Gasteiger partial charge is 0.313 e. The number of aromatic nitrogens is 1. The van der Waals surface area contributed by atoms with Gasteiger partial charge >= 0.3 is 0 Å². The van der Waals surface area contributed by atoms with E-state index < -0.39 is 5.82 Å². The molecule has 0 bridgehead atoms. The van der Waals surface area contributed by atoms with Crippen molar-refractivity contribution in [3.63, 3.8) is 0 Å². The average molecular weight is 310 g/mol. The molecular weight excluding hydrogens is 290 g/mol. The number of nitrogens with one attached hydrogen (secondary N) is 1. The Bertz CT molecular complexity index is 583. The number of benzene rings is 1. The van der Waals surface area contributed by atoms with Crippen LogP contribution in [0, 0.1) is 18.6 Å². The predicted molar refractivity (Wildman–Crippen MR) is 82.7 cm³/mol. The van der Waals surface area contributed by atoms with Crippen molar-refractivity contribution in [1.82, 2.24) is 10.3 Å². The summed E-state index contributed by atoms with van der Waals surface area (Å²) in [6, 6.07) is 3.68. The van der Waals surface area contributed by atoms with E-state index in [-0.39, 0.29) is 11.9 Å². The Morgan fingerprint density at radius 3 is 2.76 bits per heavy atom. The highest BCUT2D eigenvalue weighted by Crippen LogP contribution is 2.16. The molecule has 1 N–H and O–H groups in total. The summed E-state index contributed by atoms with van der Waals surface area (Å²) >= 11 is 1.61. The summed E-state index contributed by atoms with van der Waals surface area (Å²) in [6.45, 7) is 4.90. The van der Waals surface area contributed by atoms with Gasteiger partial charge in [-0.25, -0.2) is 13.8 Å². The van der Waals surface area contributed by atoms with Gasteiger partial charge in [0.15, 0.2) is 0 Å². The monoisotopic (exact) mass is 310 g/mol. The smallest absolute Gasteiger partial charge is 0.126 e. The molecule has 1 atom stereocenters. The molecule has 1 unspecified atom stereocenters. The van der Waals surface area contributed by atoms with Crippen LogP contribution in [0.15, 0.2) is 23.6 Å². The third kappa shape index (κ3) is 4.86. The van der Waals surface area contributed by atoms with Gasteiger partial charge in [-0.15, -0.1) is 11.3 Å². The van der Waals surface area contributed by atoms with Gasteiger partial charge in [0, 0.05) is 17.8 Å². The fourth-order valence-electron chi connectivity index (χ4n) is 2.28. The van der Waals surface area contributed by atoms with Gasteiger partial charge in [-0.3, -0.25) is 0 Å². The maximum absolute atomic E-state index is 13.8. The quantitative estimate of drug-likeness (QED) is 0.839. The van der Waals surface area contributed by atoms with Crippen LogP contribution in [0.2, 0.25) is 0 Å². The Balaban J connectivity index is 2.09. The minimum absolute atomic E-state index is 0.0581. The summed E-state index contributed by atoms with van der Waals surface area (Å²) in [4.78, 5) is 4.45. The molecule has 2 nitrogen and oxygen atoms in total. The van der Waals surface area contributed by atoms with Crippen molar-refractivity contribution in [2.24, 2.45) is 0 Å². The Labute approximate surface area is 128 Å². The maximum atomic E-state index is 13.8. The van der Waals surface area contributed by atoms with E-state index in [2.05, 4.69) is 17.2 Å². The molecule has 114 valence electrons. The van der Waals surface area contributed by atoms with Crippen LogP contribution in [-0.2, 0) is 12.8 Å². The molecule has 0 saturated carbocycles. The van der Waals surface area contributed by atoms with Crippen molar-refractivity contribution in [3.05, 3.63) is 51.5 Å². The Morgan fingerprint density at radius 1 is 1.29 bits per heavy atom. The summed E-state index contributed by atoms with van der Waals surface area (Å²) in [7, 11) is 0. The van der Waals surface area contributed by atoms with Gasteiger partial charge in [0.05, 0.1) is 10.7 Å². The summed E-state index contributed by atoms with van der Waals surface area (Å²) in [5, 5.41) is 6.45. The summed E-state index contributed by atoms with van der Waals surface area (Å²) in [5.74, 6) is -0.751. The Hall–Kier alpha value is -1.33. The molecule has 2 rings (SSSR count). The van der Waals surface area contributed by atoms with Crippen LogP contribution in [0.25, 0.3) is 0 Å². The molecule has 0 aliphatic heterocycles. The third-order valence-electron chi connectivity index (χ3n) is 3.28. The van der Waals surface area contributed by atoms with Gasteiger partial charge in [-0.2, -0.15) is 0 Å². The molecule has 5 heteroatoms. The number of rotatable bonds is 7. The van der Waals surface area contributed by atoms with Gasteiger partial charge in [0.2, 0.25) is 0 Å². The van der Waals surface area contributed by atoms with E-state index in [4.69, 9.17) is 0 Å². The SMILES string of the molecule is CCCNC(Cc1csc(C)n1)Cc1cc(F)ccc1F. The third-order valence-corrected chi connectivity index (χ3v) is 4.10. The highest BCUT2D eigenvalue weighted by molar-refractivity contribution is 7.09. The van der Waals surface area contributed by atoms with Gasteiger partial charge in [-0.05, 0) is 50.1 Å². The second kappa shape index (κ2) is 7.61. The standard InChI is InChI=1S/C16H20F2N2S/c1-3-6-19-14(9-15-10-21-11(2)20-15)8-12-7-13(17)4-5-16(12)18/h4-5,7,10,14,19H,3,6,8-9H2,1-2H3. The fourth-order valence-corrected chi connectivity index (χ4v) is 2.91. The van der Waals surface area contributed by atoms with E-state index in [9.17, 15) is 8.78 Å². The molecule has 2 aromatic rings. The van der Waals surface area contributed by atoms with Crippen LogP contribution in [0.3, 0.4) is 0 Å². The van der Waals surface area contributed by atoms with Crippen molar-refractivity contribution in [3.8, 4) is 0 Å². The first-order valence-corrected chi connectivity index (χ1v) is 8.04. The number of aryl methyl sites for hydroxylation is 1. The molecule has 0 aliphatic rings. The number of hydrogen-bond donors (Lipinski definition) is 1. The molecule has 1 aromatic heterocycles. The predicted octanol–water partition coefficient (Wildman–Crippen LogP) is 3.88. The molecule has 1 aromatic carbocycles. The Morgan fingerprint density at radius 2 is 2.10 bits per heavy atom. The minimum Gasteiger partial charge on any atom is -0.313 e. The normalized spacial score (nSPS) is 12.6. The van der Waals surface area contributed by atoms with Crippen LogP contribution in [0.1, 0.15) is 29.6 Å². The van der Waals surface area contributed by atoms with E-state index in [0.29, 0.717) is 12.0 Å². The number of hydrogen-bond acceptors (Lipinski definition) is 3. The van der Waals surface area contributed by atoms with Crippen molar-refractivity contribution in [2.45, 2.75) is 39.2 Å². The van der Waals surface area contributed by atoms with Crippen molar-refractivity contribution < 1.29 is 8.78 Å². The minimum atomic E-state index is -0.398. The van der Waals surface area contributed by atoms with Gasteiger partial charge in [-0.1, -0.05) is 6.92 Å². The number of halogens is 2. The summed E-state index contributed by atoms with van der Waals surface area (Å²) < 4.78 is 27.1. The average Bonchev–Trinajstić information content (AvgIpc) is 2.85. The topological polar surface area (TPSA) is 24.9 Å². The zero-order valence-corrected chi connectivity index (χ0v) is 13.1. The lowest BCUT2D eigenvalue weighted by atomic mass is 10.0. The lowest BCUT2D eigenvalue weighted by molar-refractivity contribution is 0.486. The van der Waals surface area contributed by atoms with Crippen LogP contribution >= 0.6 is 11.3 Å². The molecular formula is C16H20F2N2S. The van der Waals surface area contributed by atoms with Crippen molar-refractivity contribution in [1.29, 1.82) is 0 Å². The van der Waals surface area contributed by atoms with Crippen LogP contribution in [-0.4, -0.2) is 17.6 Å². The highest BCUT2D eigenvalue weighted by Gasteiger charge is 2.14. The van der Waals surface area contributed by atoms with Gasteiger partial charge in [0.25, 0.3) is 0 Å². The van der Waals surface area contributed by atoms with E-state index in [1.165, 1.54) is 12.1 Å². The van der Waals surface area contributed by atoms with Crippen molar-refractivity contribution in [2.75, 3.05) is 6.54 Å². The molecule has 0 aliphatic carbocycles. The van der Waals surface area contributed by atoms with E-state index >= 15 is 0 Å². The summed E-state index contributed by atoms with van der Waals surface area (Å²) in [5.41, 5.74) is 1.42. The number of thiazole rings is 1. The van der Waals surface area contributed by atoms with Gasteiger partial charge in [0.1, 0.15) is 11.6 Å². The van der Waals surface area contributed by atoms with E-state index in [1.807, 2.05) is 12.3 Å². The van der Waals surface area contributed by atoms with Crippen LogP contribution < -0.4 is 5.32 Å². The second-order valence-electron chi connectivity index (χ2n) is 5.15. The number of nitrogens with zero attached hydrogens (tertiary/aromatic N) is 1. The van der Waals surface area contributed by atoms with E-state index in [0.717, 1.165) is 36.2 Å². The fraction of sp³-hybridized carbons (Fsp3) is 0.438. The first kappa shape index (κ1) is 16.0. The molecule has 0 radical (unpaired) electrons. The first-order valence-electron chi connectivity index (χ1n) is 7.16. The Kier molecular flexibility index (Phi) is 5.82. The molecule has 0 saturated heterocycles.